The Morgan fingerprint density at radius 3 is 2.60 bits per heavy atom. The molecule has 3 N–H and O–H groups in total. The van der Waals surface area contributed by atoms with Gasteiger partial charge in [-0.05, 0) is 56.5 Å². The smallest absolute Gasteiger partial charge is 0.335 e. The van der Waals surface area contributed by atoms with Crippen LogP contribution in [0.4, 0.5) is 0 Å². The minimum atomic E-state index is -0.871. The zero-order valence-electron chi connectivity index (χ0n) is 12.4. The average molecular weight is 274 g/mol. The van der Waals surface area contributed by atoms with Crippen molar-refractivity contribution in [3.05, 3.63) is 34.5 Å². The van der Waals surface area contributed by atoms with Crippen molar-refractivity contribution >= 4 is 16.9 Å². The van der Waals surface area contributed by atoms with Gasteiger partial charge >= 0.3 is 5.97 Å². The molecule has 0 saturated heterocycles. The average Bonchev–Trinajstić information content (AvgIpc) is 2.68. The van der Waals surface area contributed by atoms with Crippen LogP contribution in [0.15, 0.2) is 12.1 Å². The van der Waals surface area contributed by atoms with Crippen LogP contribution in [0.3, 0.4) is 0 Å². The second-order valence-corrected chi connectivity index (χ2v) is 5.21. The largest absolute Gasteiger partial charge is 0.478 e. The molecule has 0 aliphatic carbocycles. The Kier molecular flexibility index (Phi) is 4.14. The van der Waals surface area contributed by atoms with Gasteiger partial charge in [0.05, 0.1) is 11.1 Å². The Balaban J connectivity index is 2.75. The summed E-state index contributed by atoms with van der Waals surface area (Å²) in [6, 6.07) is 3.55. The van der Waals surface area contributed by atoms with Crippen LogP contribution in [0, 0.1) is 13.8 Å². The van der Waals surface area contributed by atoms with E-state index in [0.717, 1.165) is 35.9 Å². The molecule has 0 aliphatic rings. The van der Waals surface area contributed by atoms with Gasteiger partial charge < -0.3 is 15.4 Å². The fourth-order valence-corrected chi connectivity index (χ4v) is 2.99. The number of aromatic carboxylic acids is 1. The van der Waals surface area contributed by atoms with Crippen molar-refractivity contribution in [2.75, 3.05) is 6.54 Å². The Hall–Kier alpha value is -1.81. The second-order valence-electron chi connectivity index (χ2n) is 5.21. The van der Waals surface area contributed by atoms with Crippen LogP contribution in [0.2, 0.25) is 0 Å². The first-order valence-electron chi connectivity index (χ1n) is 7.06. The number of nitrogens with two attached hydrogens (primary N) is 1. The summed E-state index contributed by atoms with van der Waals surface area (Å²) < 4.78 is 2.28. The van der Waals surface area contributed by atoms with Crippen LogP contribution in [0.25, 0.3) is 10.9 Å². The molecule has 2 aromatic rings. The first-order valence-corrected chi connectivity index (χ1v) is 7.06. The monoisotopic (exact) mass is 274 g/mol. The quantitative estimate of drug-likeness (QED) is 0.881. The minimum Gasteiger partial charge on any atom is -0.478 e. The number of aryl methyl sites for hydroxylation is 3. The van der Waals surface area contributed by atoms with E-state index in [0.29, 0.717) is 12.1 Å². The van der Waals surface area contributed by atoms with Gasteiger partial charge in [0, 0.05) is 17.6 Å². The van der Waals surface area contributed by atoms with Crippen molar-refractivity contribution in [1.29, 1.82) is 0 Å². The first kappa shape index (κ1) is 14.6. The van der Waals surface area contributed by atoms with Crippen LogP contribution in [0.1, 0.15) is 40.5 Å². The summed E-state index contributed by atoms with van der Waals surface area (Å²) in [5.41, 5.74) is 10.6. The van der Waals surface area contributed by atoms with Crippen molar-refractivity contribution in [3.8, 4) is 0 Å². The molecule has 4 nitrogen and oxygen atoms in total. The maximum Gasteiger partial charge on any atom is 0.335 e. The molecule has 0 fully saturated rings. The zero-order chi connectivity index (χ0) is 14.9. The van der Waals surface area contributed by atoms with E-state index in [1.807, 2.05) is 6.92 Å². The lowest BCUT2D eigenvalue weighted by atomic mass is 10.0. The van der Waals surface area contributed by atoms with Gasteiger partial charge in [0.15, 0.2) is 0 Å². The van der Waals surface area contributed by atoms with Gasteiger partial charge in [-0.15, -0.1) is 0 Å². The Morgan fingerprint density at radius 1 is 1.35 bits per heavy atom. The molecule has 20 heavy (non-hydrogen) atoms. The molecule has 1 aromatic heterocycles. The highest BCUT2D eigenvalue weighted by Gasteiger charge is 2.17. The number of carbonyl (C=O) groups is 1. The van der Waals surface area contributed by atoms with E-state index in [1.165, 1.54) is 11.3 Å². The molecule has 1 heterocycles. The van der Waals surface area contributed by atoms with Gasteiger partial charge in [-0.25, -0.2) is 4.79 Å². The number of fused-ring (bicyclic) bond motifs is 1. The molecule has 0 saturated carbocycles. The summed E-state index contributed by atoms with van der Waals surface area (Å²) in [5, 5.41) is 10.3. The molecule has 108 valence electrons. The number of carboxylic acids is 1. The van der Waals surface area contributed by atoms with Crippen LogP contribution in [0.5, 0.6) is 0 Å². The standard InChI is InChI=1S/C16H22N2O2/c1-4-13-11(3)18(7-5-6-17)15-10(2)8-12(16(19)20)9-14(13)15/h8-9H,4-7,17H2,1-3H3,(H,19,20). The van der Waals surface area contributed by atoms with E-state index < -0.39 is 5.97 Å². The third-order valence-corrected chi connectivity index (χ3v) is 3.92. The highest BCUT2D eigenvalue weighted by atomic mass is 16.4. The summed E-state index contributed by atoms with van der Waals surface area (Å²) in [6.45, 7) is 7.73. The molecule has 0 radical (unpaired) electrons. The highest BCUT2D eigenvalue weighted by molar-refractivity contribution is 5.97. The fraction of sp³-hybridized carbons (Fsp3) is 0.438. The molecule has 0 aliphatic heterocycles. The number of carboxylic acid groups (broad SMARTS) is 1. The number of benzene rings is 1. The van der Waals surface area contributed by atoms with Gasteiger partial charge in [-0.1, -0.05) is 6.92 Å². The van der Waals surface area contributed by atoms with Crippen LogP contribution < -0.4 is 5.73 Å². The van der Waals surface area contributed by atoms with Gasteiger partial charge in [0.25, 0.3) is 0 Å². The van der Waals surface area contributed by atoms with E-state index in [-0.39, 0.29) is 0 Å². The molecule has 0 atom stereocenters. The number of nitrogens with zero attached hydrogens (tertiary/aromatic N) is 1. The van der Waals surface area contributed by atoms with Crippen molar-refractivity contribution in [2.24, 2.45) is 5.73 Å². The van der Waals surface area contributed by atoms with Crippen LogP contribution >= 0.6 is 0 Å². The van der Waals surface area contributed by atoms with Gasteiger partial charge in [0.2, 0.25) is 0 Å². The number of hydrogen-bond acceptors (Lipinski definition) is 2. The zero-order valence-corrected chi connectivity index (χ0v) is 12.4. The lowest BCUT2D eigenvalue weighted by molar-refractivity contribution is 0.0697. The van der Waals surface area contributed by atoms with Crippen LogP contribution in [-0.4, -0.2) is 22.2 Å². The van der Waals surface area contributed by atoms with Crippen molar-refractivity contribution in [2.45, 2.75) is 40.2 Å². The second kappa shape index (κ2) is 5.67. The molecule has 4 heteroatoms. The predicted octanol–water partition coefficient (Wildman–Crippen LogP) is 2.87. The van der Waals surface area contributed by atoms with Crippen molar-refractivity contribution in [1.82, 2.24) is 4.57 Å². The molecule has 1 aromatic carbocycles. The summed E-state index contributed by atoms with van der Waals surface area (Å²) >= 11 is 0. The summed E-state index contributed by atoms with van der Waals surface area (Å²) in [6.07, 6.45) is 1.83. The SMILES string of the molecule is CCc1c(C)n(CCCN)c2c(C)cc(C(=O)O)cc12. The van der Waals surface area contributed by atoms with E-state index in [9.17, 15) is 9.90 Å². The fourth-order valence-electron chi connectivity index (χ4n) is 2.99. The molecule has 0 spiro atoms. The molecule has 2 rings (SSSR count). The normalized spacial score (nSPS) is 11.2. The topological polar surface area (TPSA) is 68.2 Å². The lowest BCUT2D eigenvalue weighted by Gasteiger charge is -2.09. The van der Waals surface area contributed by atoms with E-state index in [1.54, 1.807) is 12.1 Å². The maximum absolute atomic E-state index is 11.2. The van der Waals surface area contributed by atoms with E-state index >= 15 is 0 Å². The third kappa shape index (κ3) is 2.31. The lowest BCUT2D eigenvalue weighted by Crippen LogP contribution is -2.08. The van der Waals surface area contributed by atoms with E-state index in [2.05, 4.69) is 18.4 Å². The Morgan fingerprint density at radius 2 is 2.05 bits per heavy atom. The molecule has 0 amide bonds. The van der Waals surface area contributed by atoms with Gasteiger partial charge in [0.1, 0.15) is 0 Å². The summed E-state index contributed by atoms with van der Waals surface area (Å²) in [5.74, 6) is -0.871. The van der Waals surface area contributed by atoms with E-state index in [4.69, 9.17) is 5.73 Å². The number of rotatable bonds is 5. The summed E-state index contributed by atoms with van der Waals surface area (Å²) in [7, 11) is 0. The van der Waals surface area contributed by atoms with Gasteiger partial charge in [-0.2, -0.15) is 0 Å². The highest BCUT2D eigenvalue weighted by Crippen LogP contribution is 2.30. The molecule has 0 bridgehead atoms. The maximum atomic E-state index is 11.2. The first-order chi connectivity index (χ1) is 9.51. The molecular formula is C16H22N2O2. The number of hydrogen-bond donors (Lipinski definition) is 2. The van der Waals surface area contributed by atoms with Crippen molar-refractivity contribution in [3.63, 3.8) is 0 Å². The Labute approximate surface area is 119 Å². The van der Waals surface area contributed by atoms with Crippen LogP contribution in [-0.2, 0) is 13.0 Å². The van der Waals surface area contributed by atoms with Gasteiger partial charge in [-0.3, -0.25) is 0 Å². The predicted molar refractivity (Wildman–Crippen MR) is 81.4 cm³/mol. The Bertz CT molecular complexity index is 656. The molecular weight excluding hydrogens is 252 g/mol. The third-order valence-electron chi connectivity index (χ3n) is 3.92. The summed E-state index contributed by atoms with van der Waals surface area (Å²) in [4.78, 5) is 11.2. The van der Waals surface area contributed by atoms with Crippen molar-refractivity contribution < 1.29 is 9.90 Å². The number of aromatic nitrogens is 1. The minimum absolute atomic E-state index is 0.362. The molecule has 0 unspecified atom stereocenters.